The number of hydrogen-bond donors (Lipinski definition) is 0. The minimum absolute atomic E-state index is 0.0336. The van der Waals surface area contributed by atoms with E-state index in [9.17, 15) is 4.79 Å². The molecule has 0 amide bonds. The fourth-order valence-corrected chi connectivity index (χ4v) is 6.95. The van der Waals surface area contributed by atoms with Crippen molar-refractivity contribution >= 4 is 5.97 Å². The van der Waals surface area contributed by atoms with Gasteiger partial charge in [-0.05, 0) is 86.4 Å². The first-order valence-electron chi connectivity index (χ1n) is 10.9. The molecule has 5 rings (SSSR count). The Bertz CT molecular complexity index is 544. The number of ether oxygens (including phenoxy) is 2. The normalized spacial score (nSPS) is 44.0. The molecule has 0 radical (unpaired) electrons. The number of hydrogen-bond acceptors (Lipinski definition) is 3. The predicted octanol–water partition coefficient (Wildman–Crippen LogP) is 5.57. The molecule has 1 unspecified atom stereocenters. The summed E-state index contributed by atoms with van der Waals surface area (Å²) < 4.78 is 12.3. The van der Waals surface area contributed by atoms with Crippen LogP contribution in [0.4, 0.5) is 0 Å². The van der Waals surface area contributed by atoms with E-state index in [2.05, 4.69) is 34.6 Å². The second kappa shape index (κ2) is 5.96. The molecule has 0 aromatic rings. The van der Waals surface area contributed by atoms with Gasteiger partial charge in [0, 0.05) is 0 Å². The van der Waals surface area contributed by atoms with Crippen molar-refractivity contribution in [3.63, 3.8) is 0 Å². The van der Waals surface area contributed by atoms with E-state index in [0.29, 0.717) is 17.9 Å². The third-order valence-corrected chi connectivity index (χ3v) is 7.90. The average molecular weight is 363 g/mol. The lowest BCUT2D eigenvalue weighted by atomic mass is 9.55. The van der Waals surface area contributed by atoms with Crippen LogP contribution >= 0.6 is 0 Å². The van der Waals surface area contributed by atoms with Crippen LogP contribution in [-0.2, 0) is 14.3 Å². The van der Waals surface area contributed by atoms with Crippen LogP contribution in [0.3, 0.4) is 0 Å². The van der Waals surface area contributed by atoms with Gasteiger partial charge in [0.1, 0.15) is 0 Å². The Kier molecular flexibility index (Phi) is 4.31. The Morgan fingerprint density at radius 3 is 1.96 bits per heavy atom. The van der Waals surface area contributed by atoms with Crippen LogP contribution in [-0.4, -0.2) is 18.4 Å². The highest BCUT2D eigenvalue weighted by atomic mass is 16.7. The molecule has 26 heavy (non-hydrogen) atoms. The number of rotatable bonds is 5. The van der Waals surface area contributed by atoms with E-state index in [1.165, 1.54) is 32.1 Å². The Morgan fingerprint density at radius 1 is 1.04 bits per heavy atom. The van der Waals surface area contributed by atoms with E-state index in [1.807, 2.05) is 6.92 Å². The maximum atomic E-state index is 13.1. The molecule has 2 atom stereocenters. The minimum atomic E-state index is -0.418. The maximum absolute atomic E-state index is 13.1. The maximum Gasteiger partial charge on any atom is 0.314 e. The second-order valence-electron chi connectivity index (χ2n) is 11.9. The standard InChI is InChI=1S/C23H38O3/c1-14(25-19-17-8-15-7-16(10-17)11-18(19)9-15)26-20(24)23(12-21(2,3)4)13-22(23,5)6/h14-19H,7-13H2,1-6H3/t14?,15?,16?,17?,18?,19?,23-/m1/s1. The van der Waals surface area contributed by atoms with Crippen molar-refractivity contribution in [2.24, 2.45) is 39.9 Å². The van der Waals surface area contributed by atoms with Gasteiger partial charge in [-0.25, -0.2) is 0 Å². The van der Waals surface area contributed by atoms with Crippen LogP contribution in [0.15, 0.2) is 0 Å². The molecule has 148 valence electrons. The summed E-state index contributed by atoms with van der Waals surface area (Å²) in [6.45, 7) is 13.0. The van der Waals surface area contributed by atoms with E-state index in [1.54, 1.807) is 0 Å². The molecule has 4 bridgehead atoms. The average Bonchev–Trinajstić information content (AvgIpc) is 3.02. The summed E-state index contributed by atoms with van der Waals surface area (Å²) in [6.07, 6.45) is 8.50. The van der Waals surface area contributed by atoms with E-state index < -0.39 is 6.29 Å². The van der Waals surface area contributed by atoms with Crippen molar-refractivity contribution in [3.05, 3.63) is 0 Å². The molecule has 5 aliphatic rings. The minimum Gasteiger partial charge on any atom is -0.436 e. The van der Waals surface area contributed by atoms with Crippen molar-refractivity contribution in [2.75, 3.05) is 0 Å². The third kappa shape index (κ3) is 3.23. The highest BCUT2D eigenvalue weighted by Crippen LogP contribution is 2.68. The van der Waals surface area contributed by atoms with Crippen LogP contribution in [0, 0.1) is 39.9 Å². The Morgan fingerprint density at radius 2 is 1.54 bits per heavy atom. The molecule has 0 aromatic carbocycles. The summed E-state index contributed by atoms with van der Waals surface area (Å²) in [4.78, 5) is 13.1. The topological polar surface area (TPSA) is 35.5 Å². The van der Waals surface area contributed by atoms with Crippen molar-refractivity contribution in [1.29, 1.82) is 0 Å². The molecular weight excluding hydrogens is 324 g/mol. The van der Waals surface area contributed by atoms with Crippen molar-refractivity contribution < 1.29 is 14.3 Å². The molecule has 0 aromatic heterocycles. The summed E-state index contributed by atoms with van der Waals surface area (Å²) in [5.74, 6) is 3.25. The molecule has 0 saturated heterocycles. The zero-order valence-corrected chi connectivity index (χ0v) is 17.6. The first-order valence-corrected chi connectivity index (χ1v) is 10.9. The summed E-state index contributed by atoms with van der Waals surface area (Å²) in [5.41, 5.74) is -0.162. The van der Waals surface area contributed by atoms with Gasteiger partial charge in [-0.2, -0.15) is 0 Å². The molecule has 3 nitrogen and oxygen atoms in total. The fraction of sp³-hybridized carbons (Fsp3) is 0.957. The Balaban J connectivity index is 1.37. The van der Waals surface area contributed by atoms with Gasteiger partial charge in [0.2, 0.25) is 0 Å². The van der Waals surface area contributed by atoms with Gasteiger partial charge >= 0.3 is 5.97 Å². The smallest absolute Gasteiger partial charge is 0.314 e. The van der Waals surface area contributed by atoms with Gasteiger partial charge in [-0.3, -0.25) is 4.79 Å². The largest absolute Gasteiger partial charge is 0.436 e. The van der Waals surface area contributed by atoms with Gasteiger partial charge in [-0.1, -0.05) is 34.6 Å². The van der Waals surface area contributed by atoms with E-state index in [-0.39, 0.29) is 22.2 Å². The summed E-state index contributed by atoms with van der Waals surface area (Å²) >= 11 is 0. The van der Waals surface area contributed by atoms with E-state index >= 15 is 0 Å². The van der Waals surface area contributed by atoms with Gasteiger partial charge in [0.05, 0.1) is 11.5 Å². The van der Waals surface area contributed by atoms with Gasteiger partial charge in [-0.15, -0.1) is 0 Å². The van der Waals surface area contributed by atoms with Crippen molar-refractivity contribution in [1.82, 2.24) is 0 Å². The molecule has 0 heterocycles. The van der Waals surface area contributed by atoms with Crippen molar-refractivity contribution in [3.8, 4) is 0 Å². The highest BCUT2D eigenvalue weighted by molar-refractivity contribution is 5.82. The molecule has 3 heteroatoms. The lowest BCUT2D eigenvalue weighted by molar-refractivity contribution is -0.223. The summed E-state index contributed by atoms with van der Waals surface area (Å²) in [7, 11) is 0. The Hall–Kier alpha value is -0.570. The predicted molar refractivity (Wildman–Crippen MR) is 102 cm³/mol. The molecular formula is C23H38O3. The van der Waals surface area contributed by atoms with E-state index in [0.717, 1.165) is 24.7 Å². The Labute approximate surface area is 159 Å². The molecule has 5 aliphatic carbocycles. The first kappa shape index (κ1) is 18.8. The molecule has 5 saturated carbocycles. The highest BCUT2D eigenvalue weighted by Gasteiger charge is 2.68. The van der Waals surface area contributed by atoms with Crippen LogP contribution in [0.1, 0.15) is 86.5 Å². The zero-order chi connectivity index (χ0) is 18.9. The lowest BCUT2D eigenvalue weighted by Crippen LogP contribution is -2.50. The monoisotopic (exact) mass is 362 g/mol. The summed E-state index contributed by atoms with van der Waals surface area (Å²) in [6, 6.07) is 0. The van der Waals surface area contributed by atoms with Crippen LogP contribution in [0.25, 0.3) is 0 Å². The van der Waals surface area contributed by atoms with Crippen LogP contribution in [0.2, 0.25) is 0 Å². The van der Waals surface area contributed by atoms with Gasteiger partial charge in [0.15, 0.2) is 6.29 Å². The fourth-order valence-electron chi connectivity index (χ4n) is 6.95. The number of esters is 1. The molecule has 0 N–H and O–H groups in total. The van der Waals surface area contributed by atoms with E-state index in [4.69, 9.17) is 9.47 Å². The van der Waals surface area contributed by atoms with Crippen LogP contribution < -0.4 is 0 Å². The third-order valence-electron chi connectivity index (χ3n) is 7.90. The van der Waals surface area contributed by atoms with Gasteiger partial charge in [0.25, 0.3) is 0 Å². The number of carbonyl (C=O) groups excluding carboxylic acids is 1. The van der Waals surface area contributed by atoms with Gasteiger partial charge < -0.3 is 9.47 Å². The number of carbonyl (C=O) groups is 1. The lowest BCUT2D eigenvalue weighted by Gasteiger charge is -2.54. The zero-order valence-electron chi connectivity index (χ0n) is 17.6. The van der Waals surface area contributed by atoms with Crippen molar-refractivity contribution in [2.45, 2.75) is 98.9 Å². The SMILES string of the molecule is CC(OC(=O)[C@@]1(CC(C)(C)C)CC1(C)C)OC1C2CC3CC(C2)CC1C3. The molecule has 0 spiro atoms. The van der Waals surface area contributed by atoms with Crippen LogP contribution in [0.5, 0.6) is 0 Å². The second-order valence-corrected chi connectivity index (χ2v) is 11.9. The first-order chi connectivity index (χ1) is 12.0. The molecule has 0 aliphatic heterocycles. The summed E-state index contributed by atoms with van der Waals surface area (Å²) in [5, 5.41) is 0. The quantitative estimate of drug-likeness (QED) is 0.474. The molecule has 5 fully saturated rings.